The highest BCUT2D eigenvalue weighted by Gasteiger charge is 2.49. The molecule has 0 saturated heterocycles. The summed E-state index contributed by atoms with van der Waals surface area (Å²) in [6, 6.07) is 1.60. The van der Waals surface area contributed by atoms with E-state index < -0.39 is 12.1 Å². The number of pyridine rings is 1. The van der Waals surface area contributed by atoms with Gasteiger partial charge in [0, 0.05) is 12.0 Å². The van der Waals surface area contributed by atoms with Gasteiger partial charge in [-0.3, -0.25) is 0 Å². The lowest BCUT2D eigenvalue weighted by atomic mass is 9.72. The van der Waals surface area contributed by atoms with E-state index in [1.807, 2.05) is 13.8 Å². The number of nitrogens with zero attached hydrogens (tertiary/aromatic N) is 3. The molecule has 2 heterocycles. The summed E-state index contributed by atoms with van der Waals surface area (Å²) in [7, 11) is 0. The molecule has 0 atom stereocenters. The highest BCUT2D eigenvalue weighted by atomic mass is 35.5. The van der Waals surface area contributed by atoms with Crippen LogP contribution >= 0.6 is 11.6 Å². The molecule has 1 aliphatic carbocycles. The Morgan fingerprint density at radius 3 is 2.33 bits per heavy atom. The van der Waals surface area contributed by atoms with Crippen LogP contribution in [0.3, 0.4) is 0 Å². The maximum absolute atomic E-state index is 12.6. The first-order valence-electron chi connectivity index (χ1n) is 6.64. The Morgan fingerprint density at radius 2 is 1.71 bits per heavy atom. The summed E-state index contributed by atoms with van der Waals surface area (Å²) in [4.78, 5) is 13.0. The summed E-state index contributed by atoms with van der Waals surface area (Å²) in [6.07, 6.45) is -4.05. The molecule has 3 nitrogen and oxygen atoms in total. The van der Waals surface area contributed by atoms with Gasteiger partial charge in [0.05, 0.1) is 28.5 Å². The molecular formula is C14H13ClF3N3. The molecule has 0 amide bonds. The molecule has 0 bridgehead atoms. The average molecular weight is 316 g/mol. The second kappa shape index (κ2) is 4.80. The van der Waals surface area contributed by atoms with Crippen LogP contribution in [0, 0.1) is 19.8 Å². The van der Waals surface area contributed by atoms with Crippen LogP contribution in [0.2, 0.25) is 5.15 Å². The van der Waals surface area contributed by atoms with Crippen molar-refractivity contribution in [1.29, 1.82) is 0 Å². The van der Waals surface area contributed by atoms with Gasteiger partial charge in [-0.05, 0) is 26.7 Å². The molecule has 3 rings (SSSR count). The van der Waals surface area contributed by atoms with E-state index in [1.54, 1.807) is 6.07 Å². The van der Waals surface area contributed by atoms with E-state index in [0.29, 0.717) is 16.7 Å². The number of halogens is 4. The molecule has 0 N–H and O–H groups in total. The zero-order valence-electron chi connectivity index (χ0n) is 11.5. The molecule has 21 heavy (non-hydrogen) atoms. The summed E-state index contributed by atoms with van der Waals surface area (Å²) in [5.41, 5.74) is 3.21. The van der Waals surface area contributed by atoms with Crippen LogP contribution in [0.1, 0.15) is 35.8 Å². The third kappa shape index (κ3) is 2.57. The van der Waals surface area contributed by atoms with Crippen molar-refractivity contribution < 1.29 is 13.2 Å². The monoisotopic (exact) mass is 315 g/mol. The smallest absolute Gasteiger partial charge is 0.249 e. The maximum Gasteiger partial charge on any atom is 0.391 e. The predicted molar refractivity (Wildman–Crippen MR) is 73.3 cm³/mol. The third-order valence-electron chi connectivity index (χ3n) is 4.05. The summed E-state index contributed by atoms with van der Waals surface area (Å²) < 4.78 is 37.9. The van der Waals surface area contributed by atoms with Crippen LogP contribution in [0.5, 0.6) is 0 Å². The Labute approximate surface area is 124 Å². The van der Waals surface area contributed by atoms with Gasteiger partial charge in [0.2, 0.25) is 0 Å². The van der Waals surface area contributed by atoms with Crippen LogP contribution in [-0.2, 0) is 0 Å². The molecule has 2 aromatic rings. The molecule has 112 valence electrons. The van der Waals surface area contributed by atoms with Crippen molar-refractivity contribution in [3.8, 4) is 0 Å². The molecule has 2 aromatic heterocycles. The summed E-state index contributed by atoms with van der Waals surface area (Å²) in [6.45, 7) is 3.65. The molecule has 1 saturated carbocycles. The lowest BCUT2D eigenvalue weighted by Gasteiger charge is -2.36. The van der Waals surface area contributed by atoms with Crippen LogP contribution in [0.15, 0.2) is 6.07 Å². The van der Waals surface area contributed by atoms with E-state index in [4.69, 9.17) is 11.6 Å². The van der Waals surface area contributed by atoms with Gasteiger partial charge in [0.25, 0.3) is 0 Å². The van der Waals surface area contributed by atoms with E-state index in [1.165, 1.54) is 0 Å². The second-order valence-electron chi connectivity index (χ2n) is 5.50. The van der Waals surface area contributed by atoms with Crippen LogP contribution in [0.25, 0.3) is 11.0 Å². The quantitative estimate of drug-likeness (QED) is 0.734. The first-order valence-corrected chi connectivity index (χ1v) is 7.01. The molecule has 7 heteroatoms. The second-order valence-corrected chi connectivity index (χ2v) is 5.89. The first kappa shape index (κ1) is 14.5. The zero-order valence-corrected chi connectivity index (χ0v) is 12.3. The summed E-state index contributed by atoms with van der Waals surface area (Å²) >= 11 is 5.97. The first-order chi connectivity index (χ1) is 9.75. The van der Waals surface area contributed by atoms with Gasteiger partial charge < -0.3 is 0 Å². The topological polar surface area (TPSA) is 38.7 Å². The summed E-state index contributed by atoms with van der Waals surface area (Å²) in [5.74, 6) is -1.51. The van der Waals surface area contributed by atoms with Gasteiger partial charge in [0.15, 0.2) is 0 Å². The highest BCUT2D eigenvalue weighted by molar-refractivity contribution is 6.30. The third-order valence-corrected chi connectivity index (χ3v) is 4.24. The summed E-state index contributed by atoms with van der Waals surface area (Å²) in [5, 5.41) is 0.241. The fourth-order valence-corrected chi connectivity index (χ4v) is 2.81. The van der Waals surface area contributed by atoms with Crippen molar-refractivity contribution in [2.45, 2.75) is 38.8 Å². The molecule has 1 fully saturated rings. The standard InChI is InChI=1S/C14H13ClF3N3/c1-6-7(2)20-13-10(19-6)5-11(15)21-12(13)8-3-9(4-8)14(16,17)18/h5,8-9H,3-4H2,1-2H3/t8-,9-. The molecular weight excluding hydrogens is 303 g/mol. The number of hydrogen-bond donors (Lipinski definition) is 0. The lowest BCUT2D eigenvalue weighted by molar-refractivity contribution is -0.197. The maximum atomic E-state index is 12.6. The molecule has 0 unspecified atom stereocenters. The van der Waals surface area contributed by atoms with Crippen LogP contribution < -0.4 is 0 Å². The van der Waals surface area contributed by atoms with Crippen molar-refractivity contribution in [3.63, 3.8) is 0 Å². The van der Waals surface area contributed by atoms with Gasteiger partial charge in [0.1, 0.15) is 10.7 Å². The fraction of sp³-hybridized carbons (Fsp3) is 0.500. The van der Waals surface area contributed by atoms with E-state index in [-0.39, 0.29) is 23.9 Å². The van der Waals surface area contributed by atoms with Gasteiger partial charge in [-0.1, -0.05) is 11.6 Å². The van der Waals surface area contributed by atoms with Crippen molar-refractivity contribution in [1.82, 2.24) is 15.0 Å². The van der Waals surface area contributed by atoms with E-state index >= 15 is 0 Å². The van der Waals surface area contributed by atoms with Gasteiger partial charge in [-0.15, -0.1) is 0 Å². The zero-order chi connectivity index (χ0) is 15.4. The van der Waals surface area contributed by atoms with Crippen molar-refractivity contribution >= 4 is 22.6 Å². The molecule has 0 aromatic carbocycles. The minimum absolute atomic E-state index is 0.0422. The number of aryl methyl sites for hydroxylation is 2. The minimum Gasteiger partial charge on any atom is -0.249 e. The lowest BCUT2D eigenvalue weighted by Crippen LogP contribution is -2.35. The molecule has 0 aliphatic heterocycles. The Morgan fingerprint density at radius 1 is 1.10 bits per heavy atom. The molecule has 1 aliphatic rings. The number of aromatic nitrogens is 3. The Balaban J connectivity index is 2.02. The SMILES string of the molecule is Cc1nc2cc(Cl)nc([C@H]3C[C@H](C(F)(F)F)C3)c2nc1C. The Kier molecular flexibility index (Phi) is 3.31. The van der Waals surface area contributed by atoms with Crippen molar-refractivity contribution in [2.24, 2.45) is 5.92 Å². The average Bonchev–Trinajstić information content (AvgIpc) is 2.27. The highest BCUT2D eigenvalue weighted by Crippen LogP contribution is 2.50. The number of fused-ring (bicyclic) bond motifs is 1. The van der Waals surface area contributed by atoms with Gasteiger partial charge in [-0.25, -0.2) is 15.0 Å². The van der Waals surface area contributed by atoms with Crippen LogP contribution in [-0.4, -0.2) is 21.1 Å². The minimum atomic E-state index is -4.14. The van der Waals surface area contributed by atoms with Gasteiger partial charge in [-0.2, -0.15) is 13.2 Å². The van der Waals surface area contributed by atoms with Crippen molar-refractivity contribution in [3.05, 3.63) is 28.3 Å². The van der Waals surface area contributed by atoms with Crippen LogP contribution in [0.4, 0.5) is 13.2 Å². The Bertz CT molecular complexity index is 709. The largest absolute Gasteiger partial charge is 0.391 e. The predicted octanol–water partition coefficient (Wildman–Crippen LogP) is 4.35. The fourth-order valence-electron chi connectivity index (χ4n) is 2.62. The number of alkyl halides is 3. The van der Waals surface area contributed by atoms with E-state index in [0.717, 1.165) is 11.4 Å². The normalized spacial score (nSPS) is 22.4. The molecule has 0 radical (unpaired) electrons. The number of rotatable bonds is 1. The molecule has 0 spiro atoms. The van der Waals surface area contributed by atoms with E-state index in [2.05, 4.69) is 15.0 Å². The Hall–Kier alpha value is -1.43. The van der Waals surface area contributed by atoms with Crippen molar-refractivity contribution in [2.75, 3.05) is 0 Å². The van der Waals surface area contributed by atoms with Gasteiger partial charge >= 0.3 is 6.18 Å². The number of hydrogen-bond acceptors (Lipinski definition) is 3. The van der Waals surface area contributed by atoms with E-state index in [9.17, 15) is 13.2 Å².